The number of piperidine rings is 1. The fraction of sp³-hybridized carbons (Fsp3) is 0.533. The molecule has 0 unspecified atom stereocenters. The van der Waals surface area contributed by atoms with E-state index in [9.17, 15) is 14.0 Å². The maximum atomic E-state index is 13.8. The van der Waals surface area contributed by atoms with Crippen molar-refractivity contribution < 1.29 is 18.7 Å². The number of halogens is 1. The number of likely N-dealkylation sites (tertiary alicyclic amines) is 1. The Kier molecular flexibility index (Phi) is 8.94. The number of amides is 2. The van der Waals surface area contributed by atoms with Gasteiger partial charge in [0.2, 0.25) is 17.4 Å². The number of aromatic amines is 1. The molecule has 0 bridgehead atoms. The number of H-pyrrole nitrogens is 1. The summed E-state index contributed by atoms with van der Waals surface area (Å²) in [5.41, 5.74) is 2.13. The maximum Gasteiger partial charge on any atom is 0.280 e. The van der Waals surface area contributed by atoms with E-state index in [4.69, 9.17) is 4.74 Å². The molecule has 0 radical (unpaired) electrons. The minimum atomic E-state index is -0.532. The zero-order chi connectivity index (χ0) is 28.1. The Morgan fingerprint density at radius 2 is 1.93 bits per heavy atom. The Balaban J connectivity index is 1.42. The minimum absolute atomic E-state index is 0.0273. The first-order valence-corrected chi connectivity index (χ1v) is 14.5. The molecule has 1 aliphatic carbocycles. The topological polar surface area (TPSA) is 105 Å². The lowest BCUT2D eigenvalue weighted by Crippen LogP contribution is -2.38. The molecule has 3 aromatic rings. The number of nitrogens with one attached hydrogen (secondary N) is 2. The van der Waals surface area contributed by atoms with Gasteiger partial charge < -0.3 is 19.6 Å². The van der Waals surface area contributed by atoms with Crippen molar-refractivity contribution in [2.45, 2.75) is 70.9 Å². The first-order valence-electron chi connectivity index (χ1n) is 14.5. The molecule has 1 saturated carbocycles. The van der Waals surface area contributed by atoms with E-state index in [1.807, 2.05) is 24.5 Å². The molecule has 5 rings (SSSR count). The number of ether oxygens (including phenoxy) is 1. The molecule has 214 valence electrons. The van der Waals surface area contributed by atoms with Gasteiger partial charge in [0, 0.05) is 36.2 Å². The van der Waals surface area contributed by atoms with E-state index in [2.05, 4.69) is 25.2 Å². The standard InChI is InChI=1S/C30H39FN6O3/c1-20(2)33-28(38)21-9-11-24(12-10-21)37-26-18-27(40-16-15-36-13-4-3-5-14-36)32-19-25(26)34-30(37)35-29(39)22-7-6-8-23(31)17-22/h6-8,17-21,24H,3-5,9-16H2,1-2H3,(H,33,38)(H,34,35,39)/t21-,24+. The van der Waals surface area contributed by atoms with Gasteiger partial charge in [-0.3, -0.25) is 14.5 Å². The fourth-order valence-electron chi connectivity index (χ4n) is 5.79. The highest BCUT2D eigenvalue weighted by Crippen LogP contribution is 2.33. The molecule has 0 atom stereocenters. The van der Waals surface area contributed by atoms with Gasteiger partial charge in [-0.25, -0.2) is 9.37 Å². The van der Waals surface area contributed by atoms with Crippen LogP contribution >= 0.6 is 0 Å². The molecule has 10 heteroatoms. The van der Waals surface area contributed by atoms with E-state index < -0.39 is 11.7 Å². The maximum absolute atomic E-state index is 13.8. The van der Waals surface area contributed by atoms with Crippen molar-refractivity contribution >= 4 is 22.8 Å². The second-order valence-electron chi connectivity index (χ2n) is 11.2. The smallest absolute Gasteiger partial charge is 0.280 e. The molecule has 2 N–H and O–H groups in total. The third-order valence-corrected chi connectivity index (χ3v) is 7.84. The zero-order valence-corrected chi connectivity index (χ0v) is 23.4. The van der Waals surface area contributed by atoms with Crippen LogP contribution < -0.4 is 15.7 Å². The highest BCUT2D eigenvalue weighted by molar-refractivity contribution is 5.95. The van der Waals surface area contributed by atoms with Crippen molar-refractivity contribution in [2.24, 2.45) is 10.9 Å². The second kappa shape index (κ2) is 12.8. The molecular formula is C30H39FN6O3. The van der Waals surface area contributed by atoms with Gasteiger partial charge in [-0.1, -0.05) is 12.5 Å². The van der Waals surface area contributed by atoms with Gasteiger partial charge in [0.25, 0.3) is 5.91 Å². The summed E-state index contributed by atoms with van der Waals surface area (Å²) in [6, 6.07) is 7.56. The lowest BCUT2D eigenvalue weighted by Gasteiger charge is -2.29. The van der Waals surface area contributed by atoms with Gasteiger partial charge in [0.05, 0.1) is 17.2 Å². The number of imidazole rings is 1. The average molecular weight is 551 g/mol. The molecule has 40 heavy (non-hydrogen) atoms. The minimum Gasteiger partial charge on any atom is -0.476 e. The monoisotopic (exact) mass is 550 g/mol. The van der Waals surface area contributed by atoms with Crippen LogP contribution in [0.2, 0.25) is 0 Å². The molecular weight excluding hydrogens is 511 g/mol. The predicted molar refractivity (Wildman–Crippen MR) is 150 cm³/mol. The number of hydrogen-bond donors (Lipinski definition) is 2. The van der Waals surface area contributed by atoms with Gasteiger partial charge in [0.15, 0.2) is 0 Å². The van der Waals surface area contributed by atoms with Crippen molar-refractivity contribution in [3.8, 4) is 5.88 Å². The summed E-state index contributed by atoms with van der Waals surface area (Å²) in [7, 11) is 0. The number of carbonyl (C=O) groups is 2. The van der Waals surface area contributed by atoms with Crippen LogP contribution in [0.1, 0.15) is 75.2 Å². The van der Waals surface area contributed by atoms with Gasteiger partial charge in [0.1, 0.15) is 12.4 Å². The number of fused-ring (bicyclic) bond motifs is 1. The summed E-state index contributed by atoms with van der Waals surface area (Å²) in [4.78, 5) is 40.2. The van der Waals surface area contributed by atoms with Gasteiger partial charge >= 0.3 is 0 Å². The average Bonchev–Trinajstić information content (AvgIpc) is 3.30. The van der Waals surface area contributed by atoms with Crippen LogP contribution in [0, 0.1) is 11.7 Å². The highest BCUT2D eigenvalue weighted by Gasteiger charge is 2.29. The van der Waals surface area contributed by atoms with Gasteiger partial charge in [-0.05, 0) is 83.7 Å². The predicted octanol–water partition coefficient (Wildman–Crippen LogP) is 4.37. The Bertz CT molecular complexity index is 1400. The van der Waals surface area contributed by atoms with Gasteiger partial charge in [-0.15, -0.1) is 0 Å². The van der Waals surface area contributed by atoms with Crippen LogP contribution in [0.4, 0.5) is 4.39 Å². The molecule has 0 spiro atoms. The normalized spacial score (nSPS) is 20.6. The molecule has 1 aliphatic heterocycles. The van der Waals surface area contributed by atoms with Crippen molar-refractivity contribution in [1.29, 1.82) is 0 Å². The Labute approximate surface area is 233 Å². The summed E-state index contributed by atoms with van der Waals surface area (Å²) in [5, 5.41) is 3.03. The van der Waals surface area contributed by atoms with Crippen LogP contribution in [0.3, 0.4) is 0 Å². The van der Waals surface area contributed by atoms with Crippen LogP contribution in [0.15, 0.2) is 41.5 Å². The number of benzene rings is 1. The summed E-state index contributed by atoms with van der Waals surface area (Å²) in [6.07, 6.45) is 8.47. The van der Waals surface area contributed by atoms with Crippen molar-refractivity contribution in [3.63, 3.8) is 0 Å². The number of carbonyl (C=O) groups excluding carboxylic acids is 2. The number of pyridine rings is 1. The number of aromatic nitrogens is 3. The molecule has 2 fully saturated rings. The van der Waals surface area contributed by atoms with Crippen molar-refractivity contribution in [1.82, 2.24) is 24.8 Å². The molecule has 2 aromatic heterocycles. The fourth-order valence-corrected chi connectivity index (χ4v) is 5.79. The van der Waals surface area contributed by atoms with E-state index in [0.29, 0.717) is 18.1 Å². The SMILES string of the molecule is CC(C)NC(=O)[C@H]1CC[C@@H](n2/c(=N/C(=O)c3cccc(F)c3)[nH]c3cnc(OCCN4CCCCC4)cc32)CC1. The van der Waals surface area contributed by atoms with Crippen LogP contribution in [0.25, 0.3) is 11.0 Å². The molecule has 3 heterocycles. The highest BCUT2D eigenvalue weighted by atomic mass is 19.1. The summed E-state index contributed by atoms with van der Waals surface area (Å²) in [6.45, 7) is 7.56. The molecule has 2 aliphatic rings. The van der Waals surface area contributed by atoms with E-state index in [-0.39, 0.29) is 29.5 Å². The summed E-state index contributed by atoms with van der Waals surface area (Å²) >= 11 is 0. The van der Waals surface area contributed by atoms with Gasteiger partial charge in [-0.2, -0.15) is 4.99 Å². The van der Waals surface area contributed by atoms with E-state index in [1.165, 1.54) is 37.5 Å². The molecule has 1 aromatic carbocycles. The zero-order valence-electron chi connectivity index (χ0n) is 23.4. The Morgan fingerprint density at radius 3 is 2.65 bits per heavy atom. The summed E-state index contributed by atoms with van der Waals surface area (Å²) < 4.78 is 21.9. The molecule has 2 amide bonds. The largest absolute Gasteiger partial charge is 0.476 e. The first kappa shape index (κ1) is 28.0. The van der Waals surface area contributed by atoms with Crippen LogP contribution in [0.5, 0.6) is 5.88 Å². The van der Waals surface area contributed by atoms with Crippen molar-refractivity contribution in [2.75, 3.05) is 26.2 Å². The number of hydrogen-bond acceptors (Lipinski definition) is 5. The third-order valence-electron chi connectivity index (χ3n) is 7.84. The lowest BCUT2D eigenvalue weighted by atomic mass is 9.85. The van der Waals surface area contributed by atoms with E-state index in [1.54, 1.807) is 12.3 Å². The molecule has 9 nitrogen and oxygen atoms in total. The Hall–Kier alpha value is -3.53. The third kappa shape index (κ3) is 6.78. The summed E-state index contributed by atoms with van der Waals surface area (Å²) in [5.74, 6) is -0.438. The van der Waals surface area contributed by atoms with E-state index in [0.717, 1.165) is 56.4 Å². The number of nitrogens with zero attached hydrogens (tertiary/aromatic N) is 4. The first-order chi connectivity index (χ1) is 19.4. The van der Waals surface area contributed by atoms with Crippen molar-refractivity contribution in [3.05, 3.63) is 53.5 Å². The van der Waals surface area contributed by atoms with Crippen LogP contribution in [-0.2, 0) is 4.79 Å². The number of rotatable bonds is 8. The molecule has 1 saturated heterocycles. The second-order valence-corrected chi connectivity index (χ2v) is 11.2. The van der Waals surface area contributed by atoms with E-state index >= 15 is 0 Å². The van der Waals surface area contributed by atoms with Crippen LogP contribution in [-0.4, -0.2) is 63.5 Å². The Morgan fingerprint density at radius 1 is 1.15 bits per heavy atom. The lowest BCUT2D eigenvalue weighted by molar-refractivity contribution is -0.126. The quantitative estimate of drug-likeness (QED) is 0.434.